The summed E-state index contributed by atoms with van der Waals surface area (Å²) in [5.41, 5.74) is 3.79. The molecule has 3 aromatic rings. The van der Waals surface area contributed by atoms with E-state index in [0.717, 1.165) is 65.9 Å². The van der Waals surface area contributed by atoms with Crippen LogP contribution in [0.5, 0.6) is 5.75 Å². The van der Waals surface area contributed by atoms with E-state index in [1.165, 1.54) is 0 Å². The Morgan fingerprint density at radius 3 is 1.89 bits per heavy atom. The van der Waals surface area contributed by atoms with Gasteiger partial charge >= 0.3 is 6.36 Å². The quantitative estimate of drug-likeness (QED) is 0.386. The van der Waals surface area contributed by atoms with Crippen molar-refractivity contribution in [2.24, 2.45) is 0 Å². The second kappa shape index (κ2) is 10.9. The van der Waals surface area contributed by atoms with E-state index in [1.54, 1.807) is 0 Å². The Kier molecular flexibility index (Phi) is 8.02. The number of para-hydroxylation sites is 2. The summed E-state index contributed by atoms with van der Waals surface area (Å²) in [6.07, 6.45) is -3.64. The summed E-state index contributed by atoms with van der Waals surface area (Å²) in [5, 5.41) is 0. The highest BCUT2D eigenvalue weighted by Crippen LogP contribution is 2.36. The lowest BCUT2D eigenvalue weighted by Gasteiger charge is -2.30. The molecule has 4 rings (SSSR count). The van der Waals surface area contributed by atoms with Crippen molar-refractivity contribution in [3.63, 3.8) is 0 Å². The second-order valence-corrected chi connectivity index (χ2v) is 12.0. The van der Waals surface area contributed by atoms with Gasteiger partial charge in [0.2, 0.25) is 10.0 Å². The molecule has 0 aromatic heterocycles. The number of benzene rings is 3. The smallest absolute Gasteiger partial charge is 0.406 e. The molecule has 1 unspecified atom stereocenters. The molecule has 1 aliphatic heterocycles. The summed E-state index contributed by atoms with van der Waals surface area (Å²) in [5.74, 6) is -0.576. The molecule has 0 spiro atoms. The van der Waals surface area contributed by atoms with E-state index in [0.29, 0.717) is 0 Å². The number of sulfonamides is 1. The molecule has 8 nitrogen and oxygen atoms in total. The number of nitrogens with one attached hydrogen (secondary N) is 1. The molecular weight excluding hydrogens is 545 g/mol. The number of nitrogens with zero attached hydrogens (tertiary/aromatic N) is 1. The van der Waals surface area contributed by atoms with Gasteiger partial charge in [-0.15, -0.1) is 13.2 Å². The normalized spacial score (nSPS) is 14.8. The first-order valence-corrected chi connectivity index (χ1v) is 14.8. The fraction of sp³-hybridized carbons (Fsp3) is 0.280. The summed E-state index contributed by atoms with van der Waals surface area (Å²) in [6.45, 7) is -0.418. The van der Waals surface area contributed by atoms with E-state index in [1.807, 2.05) is 53.4 Å². The molecule has 0 saturated carbocycles. The Bertz CT molecular complexity index is 1450. The SMILES string of the molecule is CS(=O)(=O)OC(CNS(=O)(=O)c1ccc(OC(F)(F)F)cc1)CN1c2ccccc2CCc2ccccc21. The summed E-state index contributed by atoms with van der Waals surface area (Å²) in [6, 6.07) is 19.0. The van der Waals surface area contributed by atoms with Crippen LogP contribution in [0.1, 0.15) is 11.1 Å². The maximum Gasteiger partial charge on any atom is 0.573 e. The van der Waals surface area contributed by atoms with Gasteiger partial charge in [-0.3, -0.25) is 4.18 Å². The minimum Gasteiger partial charge on any atom is -0.406 e. The first-order valence-electron chi connectivity index (χ1n) is 11.5. The summed E-state index contributed by atoms with van der Waals surface area (Å²) < 4.78 is 98.4. The number of rotatable bonds is 9. The zero-order chi connectivity index (χ0) is 27.6. The third kappa shape index (κ3) is 7.25. The van der Waals surface area contributed by atoms with Crippen molar-refractivity contribution >= 4 is 31.5 Å². The molecule has 204 valence electrons. The van der Waals surface area contributed by atoms with Crippen LogP contribution in [0.3, 0.4) is 0 Å². The zero-order valence-corrected chi connectivity index (χ0v) is 21.8. The van der Waals surface area contributed by atoms with E-state index in [9.17, 15) is 30.0 Å². The number of halogens is 3. The Labute approximate surface area is 219 Å². The number of hydrogen-bond acceptors (Lipinski definition) is 7. The van der Waals surface area contributed by atoms with Gasteiger partial charge in [0.25, 0.3) is 10.1 Å². The van der Waals surface area contributed by atoms with Crippen LogP contribution in [-0.2, 0) is 37.2 Å². The number of hydrogen-bond donors (Lipinski definition) is 1. The number of ether oxygens (including phenoxy) is 1. The molecule has 1 heterocycles. The molecular formula is C25H25F3N2O6S2. The van der Waals surface area contributed by atoms with Gasteiger partial charge in [-0.2, -0.15) is 8.42 Å². The summed E-state index contributed by atoms with van der Waals surface area (Å²) >= 11 is 0. The average Bonchev–Trinajstić information content (AvgIpc) is 2.98. The largest absolute Gasteiger partial charge is 0.573 e. The van der Waals surface area contributed by atoms with Gasteiger partial charge in [-0.05, 0) is 60.4 Å². The molecule has 13 heteroatoms. The van der Waals surface area contributed by atoms with Gasteiger partial charge in [-0.25, -0.2) is 13.1 Å². The Hall–Kier alpha value is -3.13. The first-order chi connectivity index (χ1) is 17.8. The molecule has 0 fully saturated rings. The van der Waals surface area contributed by atoms with Crippen molar-refractivity contribution in [3.8, 4) is 5.75 Å². The minimum absolute atomic E-state index is 0.00196. The highest BCUT2D eigenvalue weighted by molar-refractivity contribution is 7.89. The Balaban J connectivity index is 1.58. The fourth-order valence-corrected chi connectivity index (χ4v) is 5.94. The van der Waals surface area contributed by atoms with E-state index in [-0.39, 0.29) is 11.4 Å². The standard InChI is InChI=1S/C25H25F3N2O6S2/c1-37(31,32)36-21(16-29-38(33,34)22-14-12-20(13-15-22)35-25(26,27)28)17-30-23-8-4-2-6-18(23)10-11-19-7-3-5-9-24(19)30/h2-9,12-15,21,29H,10-11,16-17H2,1H3. The monoisotopic (exact) mass is 570 g/mol. The van der Waals surface area contributed by atoms with Gasteiger partial charge in [-0.1, -0.05) is 36.4 Å². The number of alkyl halides is 3. The fourth-order valence-electron chi connectivity index (χ4n) is 4.25. The molecule has 0 amide bonds. The highest BCUT2D eigenvalue weighted by Gasteiger charge is 2.31. The Morgan fingerprint density at radius 1 is 0.868 bits per heavy atom. The van der Waals surface area contributed by atoms with E-state index in [4.69, 9.17) is 4.18 Å². The minimum atomic E-state index is -4.92. The Morgan fingerprint density at radius 2 is 1.39 bits per heavy atom. The lowest BCUT2D eigenvalue weighted by atomic mass is 10.0. The molecule has 1 N–H and O–H groups in total. The van der Waals surface area contributed by atoms with Crippen LogP contribution < -0.4 is 14.4 Å². The summed E-state index contributed by atoms with van der Waals surface area (Å²) in [4.78, 5) is 1.58. The van der Waals surface area contributed by atoms with E-state index in [2.05, 4.69) is 9.46 Å². The van der Waals surface area contributed by atoms with Crippen molar-refractivity contribution in [2.45, 2.75) is 30.2 Å². The lowest BCUT2D eigenvalue weighted by Crippen LogP contribution is -2.41. The van der Waals surface area contributed by atoms with Crippen molar-refractivity contribution in [2.75, 3.05) is 24.2 Å². The van der Waals surface area contributed by atoms with Crippen LogP contribution >= 0.6 is 0 Å². The number of fused-ring (bicyclic) bond motifs is 2. The lowest BCUT2D eigenvalue weighted by molar-refractivity contribution is -0.274. The van der Waals surface area contributed by atoms with Gasteiger partial charge < -0.3 is 9.64 Å². The van der Waals surface area contributed by atoms with E-state index < -0.39 is 44.9 Å². The van der Waals surface area contributed by atoms with Crippen LogP contribution in [0.25, 0.3) is 0 Å². The van der Waals surface area contributed by atoms with Crippen molar-refractivity contribution in [1.29, 1.82) is 0 Å². The number of anilines is 2. The van der Waals surface area contributed by atoms with Crippen molar-refractivity contribution in [1.82, 2.24) is 4.72 Å². The molecule has 0 radical (unpaired) electrons. The van der Waals surface area contributed by atoms with Crippen molar-refractivity contribution in [3.05, 3.63) is 83.9 Å². The van der Waals surface area contributed by atoms with Crippen LogP contribution in [0.4, 0.5) is 24.5 Å². The first kappa shape index (κ1) is 27.9. The molecule has 3 aromatic carbocycles. The molecule has 0 bridgehead atoms. The van der Waals surface area contributed by atoms with Crippen molar-refractivity contribution < 1.29 is 38.9 Å². The van der Waals surface area contributed by atoms with Crippen LogP contribution in [-0.4, -0.2) is 48.6 Å². The third-order valence-electron chi connectivity index (χ3n) is 5.79. The predicted octanol–water partition coefficient (Wildman–Crippen LogP) is 4.15. The maximum absolute atomic E-state index is 12.8. The van der Waals surface area contributed by atoms with Gasteiger partial charge in [0.1, 0.15) is 11.9 Å². The van der Waals surface area contributed by atoms with Crippen LogP contribution in [0, 0.1) is 0 Å². The molecule has 0 saturated heterocycles. The maximum atomic E-state index is 12.8. The molecule has 0 aliphatic carbocycles. The third-order valence-corrected chi connectivity index (χ3v) is 7.86. The average molecular weight is 571 g/mol. The van der Waals surface area contributed by atoms with Crippen LogP contribution in [0.15, 0.2) is 77.7 Å². The second-order valence-electron chi connectivity index (χ2n) is 8.66. The predicted molar refractivity (Wildman–Crippen MR) is 135 cm³/mol. The molecule has 38 heavy (non-hydrogen) atoms. The van der Waals surface area contributed by atoms with Crippen LogP contribution in [0.2, 0.25) is 0 Å². The topological polar surface area (TPSA) is 102 Å². The molecule has 1 atom stereocenters. The van der Waals surface area contributed by atoms with Gasteiger partial charge in [0.15, 0.2) is 0 Å². The van der Waals surface area contributed by atoms with E-state index >= 15 is 0 Å². The molecule has 1 aliphatic rings. The summed E-state index contributed by atoms with van der Waals surface area (Å²) in [7, 11) is -8.20. The van der Waals surface area contributed by atoms with Gasteiger partial charge in [0, 0.05) is 17.9 Å². The van der Waals surface area contributed by atoms with Gasteiger partial charge in [0.05, 0.1) is 17.7 Å². The highest BCUT2D eigenvalue weighted by atomic mass is 32.2. The number of aryl methyl sites for hydroxylation is 2. The zero-order valence-electron chi connectivity index (χ0n) is 20.2.